The number of methoxy groups -OCH3 is 1. The van der Waals surface area contributed by atoms with Gasteiger partial charge in [0.1, 0.15) is 0 Å². The Morgan fingerprint density at radius 2 is 1.82 bits per heavy atom. The minimum absolute atomic E-state index is 0.0416. The van der Waals surface area contributed by atoms with Gasteiger partial charge in [-0.05, 0) is 26.7 Å². The van der Waals surface area contributed by atoms with Crippen molar-refractivity contribution in [2.45, 2.75) is 88.9 Å². The van der Waals surface area contributed by atoms with Crippen molar-refractivity contribution in [2.24, 2.45) is 5.92 Å². The van der Waals surface area contributed by atoms with E-state index in [9.17, 15) is 10.3 Å². The molecule has 2 heterocycles. The molecule has 6 nitrogen and oxygen atoms in total. The maximum atomic E-state index is 11.0. The molecule has 1 aliphatic carbocycles. The number of ether oxygens (including phenoxy) is 1. The van der Waals surface area contributed by atoms with Crippen LogP contribution in [0.4, 0.5) is 0 Å². The van der Waals surface area contributed by atoms with E-state index in [0.29, 0.717) is 6.42 Å². The Kier molecular flexibility index (Phi) is 3.87. The third-order valence-electron chi connectivity index (χ3n) is 6.19. The summed E-state index contributed by atoms with van der Waals surface area (Å²) in [6, 6.07) is 0.140. The summed E-state index contributed by atoms with van der Waals surface area (Å²) in [7, 11) is 1.65. The van der Waals surface area contributed by atoms with Gasteiger partial charge >= 0.3 is 0 Å². The van der Waals surface area contributed by atoms with Crippen LogP contribution in [0.2, 0.25) is 0 Å². The molecule has 1 saturated carbocycles. The molecule has 3 fully saturated rings. The summed E-state index contributed by atoms with van der Waals surface area (Å²) < 4.78 is 5.74. The lowest BCUT2D eigenvalue weighted by atomic mass is 9.82. The molecule has 4 atom stereocenters. The molecule has 22 heavy (non-hydrogen) atoms. The van der Waals surface area contributed by atoms with E-state index in [2.05, 4.69) is 0 Å². The van der Waals surface area contributed by atoms with Gasteiger partial charge in [-0.2, -0.15) is 10.1 Å². The molecule has 0 amide bonds. The van der Waals surface area contributed by atoms with E-state index < -0.39 is 17.1 Å². The van der Waals surface area contributed by atoms with Crippen LogP contribution in [0.15, 0.2) is 0 Å². The Labute approximate surface area is 132 Å². The second-order valence-electron chi connectivity index (χ2n) is 7.89. The average Bonchev–Trinajstić information content (AvgIpc) is 2.93. The molecular formula is C16H30N2O4. The average molecular weight is 314 g/mol. The zero-order valence-corrected chi connectivity index (χ0v) is 14.4. The Morgan fingerprint density at radius 1 is 1.23 bits per heavy atom. The third-order valence-corrected chi connectivity index (χ3v) is 6.19. The second-order valence-corrected chi connectivity index (χ2v) is 7.89. The van der Waals surface area contributed by atoms with E-state index in [4.69, 9.17) is 9.57 Å². The molecule has 128 valence electrons. The first-order valence-electron chi connectivity index (χ1n) is 8.44. The molecule has 2 saturated heterocycles. The minimum atomic E-state index is -1.28. The van der Waals surface area contributed by atoms with Crippen molar-refractivity contribution in [3.8, 4) is 0 Å². The van der Waals surface area contributed by atoms with Crippen molar-refractivity contribution in [1.29, 1.82) is 0 Å². The van der Waals surface area contributed by atoms with E-state index in [-0.39, 0.29) is 18.0 Å². The summed E-state index contributed by atoms with van der Waals surface area (Å²) in [6.07, 6.45) is 4.46. The third kappa shape index (κ3) is 1.95. The molecule has 0 spiro atoms. The van der Waals surface area contributed by atoms with Gasteiger partial charge in [0.05, 0.1) is 17.7 Å². The highest BCUT2D eigenvalue weighted by molar-refractivity contribution is 5.14. The molecule has 2 aliphatic heterocycles. The smallest absolute Gasteiger partial charge is 0.191 e. The van der Waals surface area contributed by atoms with Gasteiger partial charge in [-0.25, -0.2) is 0 Å². The fraction of sp³-hybridized carbons (Fsp3) is 1.00. The van der Waals surface area contributed by atoms with Crippen molar-refractivity contribution in [3.05, 3.63) is 0 Å². The molecule has 0 aromatic heterocycles. The first-order chi connectivity index (χ1) is 10.2. The van der Waals surface area contributed by atoms with Gasteiger partial charge in [0.2, 0.25) is 0 Å². The second kappa shape index (κ2) is 5.13. The summed E-state index contributed by atoms with van der Waals surface area (Å²) >= 11 is 0. The van der Waals surface area contributed by atoms with Crippen LogP contribution in [0, 0.1) is 5.92 Å². The van der Waals surface area contributed by atoms with Crippen LogP contribution in [-0.4, -0.2) is 56.7 Å². The molecular weight excluding hydrogens is 284 g/mol. The lowest BCUT2D eigenvalue weighted by Gasteiger charge is -2.46. The molecule has 0 bridgehead atoms. The number of rotatable bonds is 3. The highest BCUT2D eigenvalue weighted by atomic mass is 16.8. The van der Waals surface area contributed by atoms with Gasteiger partial charge in [0.25, 0.3) is 0 Å². The summed E-state index contributed by atoms with van der Waals surface area (Å²) in [5.41, 5.74) is -1.54. The van der Waals surface area contributed by atoms with E-state index in [1.807, 2.05) is 32.8 Å². The van der Waals surface area contributed by atoms with Gasteiger partial charge in [-0.15, -0.1) is 0 Å². The largest absolute Gasteiger partial charge is 0.375 e. The number of hydroxylamine groups is 4. The van der Waals surface area contributed by atoms with Crippen molar-refractivity contribution in [2.75, 3.05) is 7.11 Å². The first kappa shape index (κ1) is 16.6. The standard InChI is InChI=1S/C16H30N2O4/c1-11(2)15(19)10-16(14(3,4)21-5)17(20)12-8-6-7-9-13(12)18(16)22-15/h11-13,19-20H,6-10H2,1-5H3/t12-,13-,15-,16+/m1/s1. The maximum Gasteiger partial charge on any atom is 0.191 e. The zero-order valence-electron chi connectivity index (χ0n) is 14.4. The quantitative estimate of drug-likeness (QED) is 0.832. The maximum absolute atomic E-state index is 11.0. The van der Waals surface area contributed by atoms with Gasteiger partial charge < -0.3 is 15.1 Å². The van der Waals surface area contributed by atoms with Crippen LogP contribution in [0.25, 0.3) is 0 Å². The van der Waals surface area contributed by atoms with E-state index in [1.54, 1.807) is 7.11 Å². The predicted molar refractivity (Wildman–Crippen MR) is 80.8 cm³/mol. The topological polar surface area (TPSA) is 65.4 Å². The summed E-state index contributed by atoms with van der Waals surface area (Å²) in [4.78, 5) is 6.07. The fourth-order valence-corrected chi connectivity index (χ4v) is 4.39. The molecule has 0 aromatic carbocycles. The Hall–Kier alpha value is -0.240. The molecule has 0 aromatic rings. The Bertz CT molecular complexity index is 444. The highest BCUT2D eigenvalue weighted by Gasteiger charge is 2.73. The SMILES string of the molecule is COC(C)(C)[C@]12C[C@](O)(C(C)C)ON1[C@@H]1CCCC[C@H]1N2O. The number of hydrogen-bond acceptors (Lipinski definition) is 6. The van der Waals surface area contributed by atoms with Crippen LogP contribution in [0.5, 0.6) is 0 Å². The molecule has 3 rings (SSSR count). The van der Waals surface area contributed by atoms with Crippen LogP contribution in [0.1, 0.15) is 59.8 Å². The van der Waals surface area contributed by atoms with E-state index in [0.717, 1.165) is 25.7 Å². The van der Waals surface area contributed by atoms with Gasteiger partial charge in [-0.1, -0.05) is 26.7 Å². The summed E-state index contributed by atoms with van der Waals surface area (Å²) in [6.45, 7) is 7.79. The summed E-state index contributed by atoms with van der Waals surface area (Å²) in [5.74, 6) is -1.35. The van der Waals surface area contributed by atoms with Gasteiger partial charge in [0, 0.05) is 19.4 Å². The molecule has 6 heteroatoms. The van der Waals surface area contributed by atoms with Crippen molar-refractivity contribution in [1.82, 2.24) is 10.1 Å². The molecule has 2 N–H and O–H groups in total. The lowest BCUT2D eigenvalue weighted by molar-refractivity contribution is -0.338. The van der Waals surface area contributed by atoms with Crippen LogP contribution < -0.4 is 0 Å². The monoisotopic (exact) mass is 314 g/mol. The van der Waals surface area contributed by atoms with Crippen LogP contribution in [0.3, 0.4) is 0 Å². The lowest BCUT2D eigenvalue weighted by Crippen LogP contribution is -2.64. The van der Waals surface area contributed by atoms with Crippen molar-refractivity contribution in [3.63, 3.8) is 0 Å². The van der Waals surface area contributed by atoms with Crippen LogP contribution >= 0.6 is 0 Å². The predicted octanol–water partition coefficient (Wildman–Crippen LogP) is 2.11. The highest BCUT2D eigenvalue weighted by Crippen LogP contribution is 2.56. The Balaban J connectivity index is 2.07. The number of fused-ring (bicyclic) bond motifs is 3. The van der Waals surface area contributed by atoms with Crippen molar-refractivity contribution >= 4 is 0 Å². The first-order valence-corrected chi connectivity index (χ1v) is 8.44. The normalized spacial score (nSPS) is 43.6. The van der Waals surface area contributed by atoms with Gasteiger partial charge in [0.15, 0.2) is 11.4 Å². The van der Waals surface area contributed by atoms with Gasteiger partial charge in [-0.3, -0.25) is 4.84 Å². The minimum Gasteiger partial charge on any atom is -0.375 e. The Morgan fingerprint density at radius 3 is 2.36 bits per heavy atom. The molecule has 3 aliphatic rings. The molecule has 0 unspecified atom stereocenters. The van der Waals surface area contributed by atoms with Crippen molar-refractivity contribution < 1.29 is 19.9 Å². The van der Waals surface area contributed by atoms with E-state index in [1.165, 1.54) is 5.06 Å². The number of hydrogen-bond donors (Lipinski definition) is 2. The number of aliphatic hydroxyl groups is 1. The fourth-order valence-electron chi connectivity index (χ4n) is 4.39. The summed E-state index contributed by atoms with van der Waals surface area (Å²) in [5, 5.41) is 25.3. The number of nitrogens with zero attached hydrogens (tertiary/aromatic N) is 2. The zero-order chi connectivity index (χ0) is 16.3. The van der Waals surface area contributed by atoms with E-state index >= 15 is 0 Å². The van der Waals surface area contributed by atoms with Crippen LogP contribution in [-0.2, 0) is 9.57 Å². The molecule has 0 radical (unpaired) electrons.